The maximum absolute atomic E-state index is 9.17. The van der Waals surface area contributed by atoms with Gasteiger partial charge in [0.25, 0.3) is 0 Å². The molecule has 2 N–H and O–H groups in total. The highest BCUT2D eigenvalue weighted by molar-refractivity contribution is 5.59. The van der Waals surface area contributed by atoms with E-state index in [-0.39, 0.29) is 6.61 Å². The van der Waals surface area contributed by atoms with Gasteiger partial charge in [-0.3, -0.25) is 4.90 Å². The molecule has 0 saturated heterocycles. The first-order valence-electron chi connectivity index (χ1n) is 7.63. The van der Waals surface area contributed by atoms with Gasteiger partial charge in [0.2, 0.25) is 0 Å². The van der Waals surface area contributed by atoms with E-state index < -0.39 is 0 Å². The number of aliphatic hydroxyl groups is 1. The number of hydrogen-bond donors (Lipinski definition) is 2. The summed E-state index contributed by atoms with van der Waals surface area (Å²) < 4.78 is 5.61. The molecule has 0 spiro atoms. The average molecular weight is 278 g/mol. The summed E-state index contributed by atoms with van der Waals surface area (Å²) in [6.45, 7) is 7.94. The molecule has 1 atom stereocenters. The van der Waals surface area contributed by atoms with Crippen LogP contribution >= 0.6 is 0 Å². The molecule has 0 bridgehead atoms. The van der Waals surface area contributed by atoms with Gasteiger partial charge in [-0.05, 0) is 37.1 Å². The van der Waals surface area contributed by atoms with Crippen molar-refractivity contribution in [1.29, 1.82) is 0 Å². The van der Waals surface area contributed by atoms with E-state index in [2.05, 4.69) is 42.3 Å². The molecule has 0 fully saturated rings. The van der Waals surface area contributed by atoms with E-state index in [1.807, 2.05) is 0 Å². The fourth-order valence-electron chi connectivity index (χ4n) is 2.85. The summed E-state index contributed by atoms with van der Waals surface area (Å²) in [5.41, 5.74) is 2.43. The molecule has 1 aliphatic heterocycles. The van der Waals surface area contributed by atoms with Gasteiger partial charge in [0.05, 0.1) is 12.3 Å². The van der Waals surface area contributed by atoms with Crippen molar-refractivity contribution < 1.29 is 9.84 Å². The van der Waals surface area contributed by atoms with Crippen molar-refractivity contribution >= 4 is 5.69 Å². The van der Waals surface area contributed by atoms with E-state index in [1.165, 1.54) is 5.56 Å². The molecule has 0 amide bonds. The van der Waals surface area contributed by atoms with Crippen molar-refractivity contribution in [3.63, 3.8) is 0 Å². The van der Waals surface area contributed by atoms with Crippen molar-refractivity contribution in [2.45, 2.75) is 32.7 Å². The minimum Gasteiger partial charge on any atom is -0.490 e. The third kappa shape index (κ3) is 3.64. The molecule has 0 aliphatic carbocycles. The summed E-state index contributed by atoms with van der Waals surface area (Å²) in [5.74, 6) is 0.954. The highest BCUT2D eigenvalue weighted by atomic mass is 16.5. The number of hydrogen-bond acceptors (Lipinski definition) is 4. The van der Waals surface area contributed by atoms with Gasteiger partial charge in [0.1, 0.15) is 12.4 Å². The predicted molar refractivity (Wildman–Crippen MR) is 82.5 cm³/mol. The van der Waals surface area contributed by atoms with Crippen molar-refractivity contribution in [3.05, 3.63) is 23.8 Å². The van der Waals surface area contributed by atoms with Gasteiger partial charge in [0.15, 0.2) is 0 Å². The first-order chi connectivity index (χ1) is 9.78. The fourth-order valence-corrected chi connectivity index (χ4v) is 2.85. The van der Waals surface area contributed by atoms with Crippen LogP contribution in [0.4, 0.5) is 5.69 Å². The van der Waals surface area contributed by atoms with Gasteiger partial charge < -0.3 is 15.2 Å². The van der Waals surface area contributed by atoms with Crippen LogP contribution in [0.2, 0.25) is 0 Å². The molecule has 1 aromatic rings. The molecule has 1 aromatic carbocycles. The quantitative estimate of drug-likeness (QED) is 0.802. The van der Waals surface area contributed by atoms with Crippen LogP contribution in [0, 0.1) is 0 Å². The number of aliphatic hydroxyl groups excluding tert-OH is 1. The van der Waals surface area contributed by atoms with Crippen LogP contribution in [0.15, 0.2) is 18.2 Å². The zero-order chi connectivity index (χ0) is 14.4. The Hall–Kier alpha value is -1.26. The third-order valence-electron chi connectivity index (χ3n) is 3.97. The number of nitrogens with one attached hydrogen (secondary N) is 1. The van der Waals surface area contributed by atoms with Crippen LogP contribution in [-0.4, -0.2) is 48.9 Å². The minimum absolute atomic E-state index is 0.226. The van der Waals surface area contributed by atoms with E-state index >= 15 is 0 Å². The smallest absolute Gasteiger partial charge is 0.142 e. The fraction of sp³-hybridized carbons (Fsp3) is 0.625. The Bertz CT molecular complexity index is 423. The molecule has 1 heterocycles. The Morgan fingerprint density at radius 1 is 1.40 bits per heavy atom. The Labute approximate surface area is 121 Å². The molecule has 0 radical (unpaired) electrons. The second-order valence-corrected chi connectivity index (χ2v) is 5.22. The molecule has 0 aromatic heterocycles. The van der Waals surface area contributed by atoms with Crippen LogP contribution in [0.3, 0.4) is 0 Å². The van der Waals surface area contributed by atoms with Crippen molar-refractivity contribution in [2.75, 3.05) is 38.2 Å². The summed E-state index contributed by atoms with van der Waals surface area (Å²) >= 11 is 0. The van der Waals surface area contributed by atoms with Crippen LogP contribution < -0.4 is 10.1 Å². The second-order valence-electron chi connectivity index (χ2n) is 5.22. The number of nitrogens with zero attached hydrogens (tertiary/aromatic N) is 1. The first kappa shape index (κ1) is 15.1. The Morgan fingerprint density at radius 3 is 2.95 bits per heavy atom. The first-order valence-corrected chi connectivity index (χ1v) is 7.63. The Morgan fingerprint density at radius 2 is 2.25 bits per heavy atom. The van der Waals surface area contributed by atoms with Crippen molar-refractivity contribution in [3.8, 4) is 5.75 Å². The molecular formula is C16H26N2O2. The molecule has 112 valence electrons. The second kappa shape index (κ2) is 7.50. The number of ether oxygens (including phenoxy) is 1. The maximum atomic E-state index is 9.17. The summed E-state index contributed by atoms with van der Waals surface area (Å²) in [5, 5.41) is 12.6. The van der Waals surface area contributed by atoms with Gasteiger partial charge in [-0.25, -0.2) is 0 Å². The number of rotatable bonds is 7. The molecule has 1 aliphatic rings. The average Bonchev–Trinajstić information content (AvgIpc) is 2.50. The lowest BCUT2D eigenvalue weighted by molar-refractivity contribution is 0.152. The van der Waals surface area contributed by atoms with Crippen molar-refractivity contribution in [2.24, 2.45) is 0 Å². The minimum atomic E-state index is 0.226. The predicted octanol–water partition coefficient (Wildman–Crippen LogP) is 2.13. The van der Waals surface area contributed by atoms with Gasteiger partial charge >= 0.3 is 0 Å². The number of fused-ring (bicyclic) bond motifs is 1. The lowest BCUT2D eigenvalue weighted by Gasteiger charge is -2.30. The standard InChI is InChI=1S/C16H26N2O2/c1-3-14(18(4-2)8-9-19)11-13-5-6-16-15(12-13)17-7-10-20-16/h5-6,12,14,17,19H,3-4,7-11H2,1-2H3. The summed E-state index contributed by atoms with van der Waals surface area (Å²) in [7, 11) is 0. The van der Waals surface area contributed by atoms with E-state index in [1.54, 1.807) is 0 Å². The van der Waals surface area contributed by atoms with Crippen LogP contribution in [0.25, 0.3) is 0 Å². The molecule has 0 saturated carbocycles. The highest BCUT2D eigenvalue weighted by Gasteiger charge is 2.17. The highest BCUT2D eigenvalue weighted by Crippen LogP contribution is 2.29. The normalized spacial score (nSPS) is 15.4. The van der Waals surface area contributed by atoms with E-state index in [9.17, 15) is 0 Å². The third-order valence-corrected chi connectivity index (χ3v) is 3.97. The molecule has 4 nitrogen and oxygen atoms in total. The number of anilines is 1. The zero-order valence-electron chi connectivity index (χ0n) is 12.6. The topological polar surface area (TPSA) is 44.7 Å². The van der Waals surface area contributed by atoms with Gasteiger partial charge in [0, 0.05) is 19.1 Å². The SMILES string of the molecule is CCC(Cc1ccc2c(c1)NCCO2)N(CC)CCO. The maximum Gasteiger partial charge on any atom is 0.142 e. The number of benzene rings is 1. The molecular weight excluding hydrogens is 252 g/mol. The van der Waals surface area contributed by atoms with Crippen molar-refractivity contribution in [1.82, 2.24) is 4.90 Å². The van der Waals surface area contributed by atoms with Gasteiger partial charge in [-0.2, -0.15) is 0 Å². The van der Waals surface area contributed by atoms with Crippen LogP contribution in [0.5, 0.6) is 5.75 Å². The lowest BCUT2D eigenvalue weighted by atomic mass is 10.0. The van der Waals surface area contributed by atoms with E-state index in [4.69, 9.17) is 9.84 Å². The monoisotopic (exact) mass is 278 g/mol. The van der Waals surface area contributed by atoms with Gasteiger partial charge in [-0.1, -0.05) is 19.9 Å². The molecule has 20 heavy (non-hydrogen) atoms. The van der Waals surface area contributed by atoms with Gasteiger partial charge in [-0.15, -0.1) is 0 Å². The number of likely N-dealkylation sites (N-methyl/N-ethyl adjacent to an activating group) is 1. The lowest BCUT2D eigenvalue weighted by Crippen LogP contribution is -2.38. The van der Waals surface area contributed by atoms with Crippen LogP contribution in [-0.2, 0) is 6.42 Å². The summed E-state index contributed by atoms with van der Waals surface area (Å²) in [4.78, 5) is 2.35. The Balaban J connectivity index is 2.06. The van der Waals surface area contributed by atoms with E-state index in [0.717, 1.165) is 50.5 Å². The molecule has 4 heteroatoms. The summed E-state index contributed by atoms with van der Waals surface area (Å²) in [6.07, 6.45) is 2.11. The van der Waals surface area contributed by atoms with E-state index in [0.29, 0.717) is 6.04 Å². The Kier molecular flexibility index (Phi) is 5.68. The zero-order valence-corrected chi connectivity index (χ0v) is 12.6. The molecule has 2 rings (SSSR count). The summed E-state index contributed by atoms with van der Waals surface area (Å²) in [6, 6.07) is 6.89. The largest absolute Gasteiger partial charge is 0.490 e. The van der Waals surface area contributed by atoms with Crippen LogP contribution in [0.1, 0.15) is 25.8 Å². The molecule has 1 unspecified atom stereocenters.